The molecule has 1 aromatic heterocycles. The van der Waals surface area contributed by atoms with Crippen LogP contribution < -0.4 is 0 Å². The van der Waals surface area contributed by atoms with Gasteiger partial charge in [0.05, 0.1) is 17.1 Å². The molecule has 2 saturated heterocycles. The molecular weight excluding hydrogens is 348 g/mol. The van der Waals surface area contributed by atoms with Crippen LogP contribution in [0.1, 0.15) is 30.0 Å². The smallest absolute Gasteiger partial charge is 0.228 e. The van der Waals surface area contributed by atoms with Crippen LogP contribution in [0.2, 0.25) is 0 Å². The van der Waals surface area contributed by atoms with Crippen LogP contribution in [-0.2, 0) is 11.2 Å². The summed E-state index contributed by atoms with van der Waals surface area (Å²) in [6.45, 7) is 8.34. The molecule has 2 fully saturated rings. The van der Waals surface area contributed by atoms with Crippen LogP contribution in [0.5, 0.6) is 0 Å². The second-order valence-electron chi connectivity index (χ2n) is 7.70. The number of amides is 1. The van der Waals surface area contributed by atoms with E-state index in [1.54, 1.807) is 11.3 Å². The number of carbonyl (C=O) groups excluding carboxylic acids is 1. The summed E-state index contributed by atoms with van der Waals surface area (Å²) in [6, 6.07) is 0.542. The van der Waals surface area contributed by atoms with Gasteiger partial charge in [0.1, 0.15) is 0 Å². The SMILES string of the molecule is Cc1nc(CC(=O)N2CC[C@H](N3CCN(C)CC3)[C@H](CCCO)C2)cs1. The standard InChI is InChI=1S/C19H32N4O2S/c1-15-20-17(14-26-15)12-19(25)23-6-5-18(16(13-23)4-3-11-24)22-9-7-21(2)8-10-22/h14,16,18,24H,3-13H2,1-2H3/t16-,18+/m1/s1. The average Bonchev–Trinajstić information content (AvgIpc) is 3.05. The molecule has 0 unspecified atom stereocenters. The van der Waals surface area contributed by atoms with Gasteiger partial charge < -0.3 is 14.9 Å². The number of aromatic nitrogens is 1. The highest BCUT2D eigenvalue weighted by atomic mass is 32.1. The molecule has 2 aliphatic rings. The minimum Gasteiger partial charge on any atom is -0.396 e. The molecule has 2 aliphatic heterocycles. The molecule has 2 atom stereocenters. The fraction of sp³-hybridized carbons (Fsp3) is 0.789. The summed E-state index contributed by atoms with van der Waals surface area (Å²) in [5.41, 5.74) is 0.894. The Morgan fingerprint density at radius 1 is 1.31 bits per heavy atom. The molecule has 0 radical (unpaired) electrons. The maximum Gasteiger partial charge on any atom is 0.228 e. The zero-order valence-corrected chi connectivity index (χ0v) is 16.9. The first-order valence-corrected chi connectivity index (χ1v) is 10.7. The fourth-order valence-corrected chi connectivity index (χ4v) is 4.89. The number of nitrogens with zero attached hydrogens (tertiary/aromatic N) is 4. The van der Waals surface area contributed by atoms with Gasteiger partial charge in [-0.1, -0.05) is 0 Å². The molecule has 1 amide bonds. The molecule has 0 aliphatic carbocycles. The number of likely N-dealkylation sites (tertiary alicyclic amines) is 1. The summed E-state index contributed by atoms with van der Waals surface area (Å²) in [6.07, 6.45) is 3.27. The molecule has 7 heteroatoms. The van der Waals surface area contributed by atoms with E-state index < -0.39 is 0 Å². The van der Waals surface area contributed by atoms with Gasteiger partial charge in [-0.2, -0.15) is 0 Å². The van der Waals surface area contributed by atoms with Crippen molar-refractivity contribution in [2.75, 3.05) is 52.9 Å². The number of hydrogen-bond donors (Lipinski definition) is 1. The minimum absolute atomic E-state index is 0.195. The summed E-state index contributed by atoms with van der Waals surface area (Å²) in [4.78, 5) is 24.2. The molecule has 3 heterocycles. The van der Waals surface area contributed by atoms with Crippen molar-refractivity contribution in [3.8, 4) is 0 Å². The van der Waals surface area contributed by atoms with E-state index in [4.69, 9.17) is 0 Å². The lowest BCUT2D eigenvalue weighted by atomic mass is 9.86. The normalized spacial score (nSPS) is 25.6. The first-order chi connectivity index (χ1) is 12.6. The summed E-state index contributed by atoms with van der Waals surface area (Å²) in [7, 11) is 2.18. The zero-order valence-electron chi connectivity index (χ0n) is 16.1. The maximum atomic E-state index is 12.7. The van der Waals surface area contributed by atoms with E-state index in [1.807, 2.05) is 17.2 Å². The number of likely N-dealkylation sites (N-methyl/N-ethyl adjacent to an activating group) is 1. The van der Waals surface area contributed by atoms with E-state index in [-0.39, 0.29) is 12.5 Å². The highest BCUT2D eigenvalue weighted by molar-refractivity contribution is 7.09. The Morgan fingerprint density at radius 3 is 2.73 bits per heavy atom. The van der Waals surface area contributed by atoms with Gasteiger partial charge in [-0.15, -0.1) is 11.3 Å². The van der Waals surface area contributed by atoms with Crippen molar-refractivity contribution in [3.63, 3.8) is 0 Å². The van der Waals surface area contributed by atoms with Crippen LogP contribution in [0.4, 0.5) is 0 Å². The number of carbonyl (C=O) groups is 1. The van der Waals surface area contributed by atoms with Crippen molar-refractivity contribution in [2.45, 2.75) is 38.6 Å². The first-order valence-electron chi connectivity index (χ1n) is 9.79. The fourth-order valence-electron chi connectivity index (χ4n) is 4.27. The summed E-state index contributed by atoms with van der Waals surface area (Å²) >= 11 is 1.60. The molecule has 6 nitrogen and oxygen atoms in total. The van der Waals surface area contributed by atoms with Crippen LogP contribution in [0.25, 0.3) is 0 Å². The highest BCUT2D eigenvalue weighted by Crippen LogP contribution is 2.27. The summed E-state index contributed by atoms with van der Waals surface area (Å²) < 4.78 is 0. The lowest BCUT2D eigenvalue weighted by Crippen LogP contribution is -2.57. The van der Waals surface area contributed by atoms with E-state index in [1.165, 1.54) is 0 Å². The van der Waals surface area contributed by atoms with Gasteiger partial charge in [-0.3, -0.25) is 9.69 Å². The third-order valence-electron chi connectivity index (χ3n) is 5.79. The Hall–Kier alpha value is -1.02. The molecular formula is C19H32N4O2S. The summed E-state index contributed by atoms with van der Waals surface area (Å²) in [5.74, 6) is 0.654. The second-order valence-corrected chi connectivity index (χ2v) is 8.76. The predicted molar refractivity (Wildman–Crippen MR) is 104 cm³/mol. The quantitative estimate of drug-likeness (QED) is 0.804. The van der Waals surface area contributed by atoms with Gasteiger partial charge in [-0.05, 0) is 39.2 Å². The maximum absolute atomic E-state index is 12.7. The van der Waals surface area contributed by atoms with Crippen molar-refractivity contribution < 1.29 is 9.90 Å². The Labute approximate surface area is 160 Å². The number of aryl methyl sites for hydroxylation is 1. The molecule has 26 heavy (non-hydrogen) atoms. The third kappa shape index (κ3) is 5.03. The number of rotatable bonds is 6. The van der Waals surface area contributed by atoms with Gasteiger partial charge in [0.25, 0.3) is 0 Å². The van der Waals surface area contributed by atoms with Crippen molar-refractivity contribution in [1.29, 1.82) is 0 Å². The average molecular weight is 381 g/mol. The van der Waals surface area contributed by atoms with Crippen LogP contribution in [0.3, 0.4) is 0 Å². The van der Waals surface area contributed by atoms with E-state index >= 15 is 0 Å². The lowest BCUT2D eigenvalue weighted by molar-refractivity contribution is -0.133. The van der Waals surface area contributed by atoms with Crippen LogP contribution in [0.15, 0.2) is 5.38 Å². The largest absolute Gasteiger partial charge is 0.396 e. The molecule has 0 spiro atoms. The molecule has 0 aromatic carbocycles. The van der Waals surface area contributed by atoms with Gasteiger partial charge in [0.15, 0.2) is 0 Å². The van der Waals surface area contributed by atoms with E-state index in [2.05, 4.69) is 21.8 Å². The lowest BCUT2D eigenvalue weighted by Gasteiger charge is -2.46. The van der Waals surface area contributed by atoms with Crippen LogP contribution in [0, 0.1) is 12.8 Å². The highest BCUT2D eigenvalue weighted by Gasteiger charge is 2.35. The number of piperazine rings is 1. The van der Waals surface area contributed by atoms with Gasteiger partial charge in [0, 0.05) is 57.3 Å². The van der Waals surface area contributed by atoms with E-state index in [9.17, 15) is 9.90 Å². The van der Waals surface area contributed by atoms with Crippen molar-refractivity contribution >= 4 is 17.2 Å². The predicted octanol–water partition coefficient (Wildman–Crippen LogP) is 1.23. The van der Waals surface area contributed by atoms with Gasteiger partial charge >= 0.3 is 0 Å². The molecule has 1 N–H and O–H groups in total. The third-order valence-corrected chi connectivity index (χ3v) is 6.61. The number of thiazole rings is 1. The number of hydrogen-bond acceptors (Lipinski definition) is 6. The Kier molecular flexibility index (Phi) is 7.03. The van der Waals surface area contributed by atoms with Crippen LogP contribution >= 0.6 is 11.3 Å². The number of aliphatic hydroxyl groups is 1. The molecule has 3 rings (SSSR count). The molecule has 146 valence electrons. The molecule has 0 bridgehead atoms. The van der Waals surface area contributed by atoms with Gasteiger partial charge in [-0.25, -0.2) is 4.98 Å². The van der Waals surface area contributed by atoms with E-state index in [0.29, 0.717) is 18.4 Å². The molecule has 0 saturated carbocycles. The Balaban J connectivity index is 1.60. The Morgan fingerprint density at radius 2 is 2.08 bits per heavy atom. The van der Waals surface area contributed by atoms with Crippen LogP contribution in [-0.4, -0.2) is 89.7 Å². The second kappa shape index (κ2) is 9.26. The Bertz CT molecular complexity index is 586. The molecule has 1 aromatic rings. The monoisotopic (exact) mass is 380 g/mol. The number of aliphatic hydroxyl groups excluding tert-OH is 1. The van der Waals surface area contributed by atoms with Crippen molar-refractivity contribution in [2.24, 2.45) is 5.92 Å². The zero-order chi connectivity index (χ0) is 18.5. The van der Waals surface area contributed by atoms with Crippen molar-refractivity contribution in [1.82, 2.24) is 19.7 Å². The topological polar surface area (TPSA) is 59.9 Å². The first kappa shape index (κ1) is 19.7. The summed E-state index contributed by atoms with van der Waals surface area (Å²) in [5, 5.41) is 12.3. The van der Waals surface area contributed by atoms with Crippen molar-refractivity contribution in [3.05, 3.63) is 16.1 Å². The van der Waals surface area contributed by atoms with Gasteiger partial charge in [0.2, 0.25) is 5.91 Å². The minimum atomic E-state index is 0.195. The number of piperidine rings is 1. The van der Waals surface area contributed by atoms with E-state index in [0.717, 1.165) is 69.2 Å².